The molecule has 0 unspecified atom stereocenters. The first-order valence-corrected chi connectivity index (χ1v) is 9.03. The number of hydrogen-bond donors (Lipinski definition) is 1. The van der Waals surface area contributed by atoms with Gasteiger partial charge in [-0.15, -0.1) is 5.10 Å². The van der Waals surface area contributed by atoms with E-state index in [0.717, 1.165) is 32.5 Å². The summed E-state index contributed by atoms with van der Waals surface area (Å²) in [5, 5.41) is 8.63. The maximum atomic E-state index is 13.7. The van der Waals surface area contributed by atoms with E-state index in [-0.39, 0.29) is 17.8 Å². The zero-order chi connectivity index (χ0) is 18.6. The number of hydrogen-bond acceptors (Lipinski definition) is 5. The highest BCUT2D eigenvalue weighted by molar-refractivity contribution is 5.90. The number of benzene rings is 2. The molecule has 4 rings (SSSR count). The van der Waals surface area contributed by atoms with Gasteiger partial charge in [0.2, 0.25) is 6.73 Å². The van der Waals surface area contributed by atoms with E-state index < -0.39 is 11.6 Å². The van der Waals surface area contributed by atoms with Crippen LogP contribution in [0.15, 0.2) is 53.6 Å². The van der Waals surface area contributed by atoms with E-state index in [0.29, 0.717) is 0 Å². The molecule has 0 aromatic heterocycles. The minimum atomic E-state index is -0.686. The summed E-state index contributed by atoms with van der Waals surface area (Å²) in [7, 11) is 0. The number of nitrogens with one attached hydrogen (secondary N) is 1. The van der Waals surface area contributed by atoms with Crippen molar-refractivity contribution in [1.82, 2.24) is 9.91 Å². The Labute approximate surface area is 157 Å². The summed E-state index contributed by atoms with van der Waals surface area (Å²) in [6.45, 7) is 4.36. The molecule has 2 aliphatic heterocycles. The Morgan fingerprint density at radius 1 is 1.00 bits per heavy atom. The van der Waals surface area contributed by atoms with Gasteiger partial charge in [0.05, 0.1) is 6.04 Å². The van der Waals surface area contributed by atoms with Crippen molar-refractivity contribution >= 4 is 11.7 Å². The van der Waals surface area contributed by atoms with Crippen LogP contribution in [0.1, 0.15) is 18.4 Å². The van der Waals surface area contributed by atoms with Crippen LogP contribution in [0.5, 0.6) is 0 Å². The molecule has 0 atom stereocenters. The van der Waals surface area contributed by atoms with E-state index in [1.54, 1.807) is 5.01 Å². The molecule has 0 aliphatic carbocycles. The number of halogens is 2. The van der Waals surface area contributed by atoms with Crippen LogP contribution in [0.4, 0.5) is 14.5 Å². The molecule has 2 aliphatic rings. The molecule has 7 heteroatoms. The van der Waals surface area contributed by atoms with E-state index in [4.69, 9.17) is 4.74 Å². The number of piperidine rings is 1. The molecular weight excluding hydrogens is 350 g/mol. The lowest BCUT2D eigenvalue weighted by atomic mass is 10.0. The van der Waals surface area contributed by atoms with E-state index >= 15 is 0 Å². The van der Waals surface area contributed by atoms with Gasteiger partial charge in [-0.1, -0.05) is 36.4 Å². The maximum Gasteiger partial charge on any atom is 0.313 e. The molecule has 1 saturated heterocycles. The third-order valence-corrected chi connectivity index (χ3v) is 4.85. The summed E-state index contributed by atoms with van der Waals surface area (Å²) in [4.78, 5) is 2.42. The average Bonchev–Trinajstić information content (AvgIpc) is 3.15. The van der Waals surface area contributed by atoms with Crippen molar-refractivity contribution in [3.8, 4) is 0 Å². The molecule has 141 valence electrons. The Bertz CT molecular complexity index is 787. The second-order valence-electron chi connectivity index (χ2n) is 6.72. The van der Waals surface area contributed by atoms with E-state index in [1.807, 2.05) is 6.07 Å². The van der Waals surface area contributed by atoms with Gasteiger partial charge in [-0.2, -0.15) is 0 Å². The molecule has 2 heterocycles. The van der Waals surface area contributed by atoms with Crippen LogP contribution in [0.25, 0.3) is 0 Å². The second-order valence-corrected chi connectivity index (χ2v) is 6.72. The molecule has 5 nitrogen and oxygen atoms in total. The van der Waals surface area contributed by atoms with E-state index in [1.165, 1.54) is 30.5 Å². The lowest BCUT2D eigenvalue weighted by molar-refractivity contribution is 0.108. The summed E-state index contributed by atoms with van der Waals surface area (Å²) in [6.07, 6.45) is 1.88. The Morgan fingerprint density at radius 3 is 2.41 bits per heavy atom. The number of nitrogens with zero attached hydrogens (tertiary/aromatic N) is 3. The molecule has 27 heavy (non-hydrogen) atoms. The summed E-state index contributed by atoms with van der Waals surface area (Å²) in [5.41, 5.74) is 1.05. The van der Waals surface area contributed by atoms with Crippen LogP contribution in [0.3, 0.4) is 0 Å². The first-order chi connectivity index (χ1) is 13.2. The van der Waals surface area contributed by atoms with Gasteiger partial charge in [0.15, 0.2) is 0 Å². The highest BCUT2D eigenvalue weighted by Crippen LogP contribution is 2.24. The molecule has 0 bridgehead atoms. The van der Waals surface area contributed by atoms with Crippen LogP contribution < -0.4 is 5.32 Å². The fraction of sp³-hybridized carbons (Fsp3) is 0.300. The lowest BCUT2D eigenvalue weighted by Gasteiger charge is -2.34. The number of amidine groups is 1. The minimum Gasteiger partial charge on any atom is -0.432 e. The summed E-state index contributed by atoms with van der Waals surface area (Å²) in [5.74, 6) is -1.37. The van der Waals surface area contributed by atoms with Crippen molar-refractivity contribution in [2.75, 3.05) is 18.4 Å². The predicted octanol–water partition coefficient (Wildman–Crippen LogP) is 3.76. The normalized spacial score (nSPS) is 18.3. The molecule has 1 fully saturated rings. The zero-order valence-electron chi connectivity index (χ0n) is 14.8. The van der Waals surface area contributed by atoms with Crippen molar-refractivity contribution in [3.05, 3.63) is 72.5 Å². The number of hydrazone groups is 1. The van der Waals surface area contributed by atoms with Crippen molar-refractivity contribution in [3.63, 3.8) is 0 Å². The summed E-state index contributed by atoms with van der Waals surface area (Å²) >= 11 is 0. The minimum absolute atomic E-state index is 0.0747. The number of ether oxygens (including phenoxy) is 1. The average molecular weight is 371 g/mol. The molecular formula is C20H21F2N4O. The molecule has 0 spiro atoms. The third-order valence-electron chi connectivity index (χ3n) is 4.85. The quantitative estimate of drug-likeness (QED) is 0.888. The fourth-order valence-electron chi connectivity index (χ4n) is 3.39. The number of anilines is 1. The van der Waals surface area contributed by atoms with Gasteiger partial charge < -0.3 is 10.1 Å². The van der Waals surface area contributed by atoms with Gasteiger partial charge in [-0.05, 0) is 30.5 Å². The van der Waals surface area contributed by atoms with Gasteiger partial charge in [-0.3, -0.25) is 4.90 Å². The number of rotatable bonds is 4. The standard InChI is InChI=1S/C20H21F2N4O/c21-17-7-4-8-18(22)19(17)23-20-24-26(14-27-20)16-9-11-25(12-10-16)13-15-5-2-1-3-6-15/h1-8,14,16H,9-13H2,(H,23,24). The molecule has 0 saturated carbocycles. The van der Waals surface area contributed by atoms with Crippen molar-refractivity contribution in [1.29, 1.82) is 0 Å². The highest BCUT2D eigenvalue weighted by Gasteiger charge is 2.29. The number of likely N-dealkylation sites (tertiary alicyclic amines) is 1. The lowest BCUT2D eigenvalue weighted by Crippen LogP contribution is -2.41. The van der Waals surface area contributed by atoms with Gasteiger partial charge >= 0.3 is 6.02 Å². The van der Waals surface area contributed by atoms with Crippen LogP contribution >= 0.6 is 0 Å². The molecule has 1 N–H and O–H groups in total. The van der Waals surface area contributed by atoms with Gasteiger partial charge in [0, 0.05) is 19.6 Å². The topological polar surface area (TPSA) is 40.1 Å². The fourth-order valence-corrected chi connectivity index (χ4v) is 3.39. The van der Waals surface area contributed by atoms with Gasteiger partial charge in [0.1, 0.15) is 17.3 Å². The van der Waals surface area contributed by atoms with Crippen molar-refractivity contribution < 1.29 is 13.5 Å². The van der Waals surface area contributed by atoms with E-state index in [9.17, 15) is 8.78 Å². The predicted molar refractivity (Wildman–Crippen MR) is 99.4 cm³/mol. The van der Waals surface area contributed by atoms with Crippen molar-refractivity contribution in [2.24, 2.45) is 5.10 Å². The second kappa shape index (κ2) is 7.92. The van der Waals surface area contributed by atoms with Gasteiger partial charge in [-0.25, -0.2) is 13.8 Å². The largest absolute Gasteiger partial charge is 0.432 e. The van der Waals surface area contributed by atoms with Crippen LogP contribution in [-0.2, 0) is 11.3 Å². The smallest absolute Gasteiger partial charge is 0.313 e. The van der Waals surface area contributed by atoms with Crippen LogP contribution in [-0.4, -0.2) is 35.1 Å². The summed E-state index contributed by atoms with van der Waals surface area (Å²) < 4.78 is 32.8. The molecule has 2 aromatic rings. The van der Waals surface area contributed by atoms with Crippen LogP contribution in [0.2, 0.25) is 0 Å². The SMILES string of the molecule is Fc1cccc(F)c1NC1=NN(C2CCN(Cc3ccccc3)CC2)[CH]O1. The first kappa shape index (κ1) is 17.7. The van der Waals surface area contributed by atoms with E-state index in [2.05, 4.69) is 39.6 Å². The summed E-state index contributed by atoms with van der Waals surface area (Å²) in [6, 6.07) is 14.4. The zero-order valence-corrected chi connectivity index (χ0v) is 14.8. The maximum absolute atomic E-state index is 13.7. The Kier molecular flexibility index (Phi) is 5.20. The number of para-hydroxylation sites is 1. The molecule has 0 amide bonds. The highest BCUT2D eigenvalue weighted by atomic mass is 19.1. The van der Waals surface area contributed by atoms with Crippen LogP contribution in [0, 0.1) is 18.4 Å². The molecule has 1 radical (unpaired) electrons. The molecule has 2 aromatic carbocycles. The van der Waals surface area contributed by atoms with Crippen molar-refractivity contribution in [2.45, 2.75) is 25.4 Å². The Balaban J connectivity index is 1.32. The Morgan fingerprint density at radius 2 is 1.70 bits per heavy atom. The third kappa shape index (κ3) is 4.19. The van der Waals surface area contributed by atoms with Gasteiger partial charge in [0.25, 0.3) is 0 Å². The Hall–Kier alpha value is -2.67. The first-order valence-electron chi connectivity index (χ1n) is 9.03. The monoisotopic (exact) mass is 371 g/mol.